The Morgan fingerprint density at radius 1 is 1.07 bits per heavy atom. The summed E-state index contributed by atoms with van der Waals surface area (Å²) in [5.74, 6) is 0.410. The fourth-order valence-corrected chi connectivity index (χ4v) is 4.21. The molecule has 29 heavy (non-hydrogen) atoms. The predicted octanol–water partition coefficient (Wildman–Crippen LogP) is 3.52. The van der Waals surface area contributed by atoms with E-state index in [1.807, 2.05) is 12.3 Å². The molecule has 0 radical (unpaired) electrons. The van der Waals surface area contributed by atoms with Crippen molar-refractivity contribution in [1.29, 1.82) is 0 Å². The van der Waals surface area contributed by atoms with Crippen molar-refractivity contribution in [3.63, 3.8) is 0 Å². The van der Waals surface area contributed by atoms with Gasteiger partial charge in [-0.05, 0) is 49.4 Å². The molecule has 0 aliphatic rings. The van der Waals surface area contributed by atoms with E-state index in [1.54, 1.807) is 18.2 Å². The molecule has 8 nitrogen and oxygen atoms in total. The van der Waals surface area contributed by atoms with Crippen molar-refractivity contribution < 1.29 is 22.7 Å². The molecule has 1 heterocycles. The zero-order valence-corrected chi connectivity index (χ0v) is 17.6. The summed E-state index contributed by atoms with van der Waals surface area (Å²) in [4.78, 5) is 16.7. The van der Waals surface area contributed by atoms with E-state index in [-0.39, 0.29) is 21.9 Å². The van der Waals surface area contributed by atoms with Gasteiger partial charge in [0.25, 0.3) is 15.9 Å². The lowest BCUT2D eigenvalue weighted by Crippen LogP contribution is -2.16. The highest BCUT2D eigenvalue weighted by molar-refractivity contribution is 7.92. The van der Waals surface area contributed by atoms with Gasteiger partial charge in [-0.3, -0.25) is 14.8 Å². The molecule has 1 aromatic heterocycles. The van der Waals surface area contributed by atoms with E-state index >= 15 is 0 Å². The highest BCUT2D eigenvalue weighted by Gasteiger charge is 2.19. The van der Waals surface area contributed by atoms with Crippen LogP contribution in [0.1, 0.15) is 16.1 Å². The summed E-state index contributed by atoms with van der Waals surface area (Å²) >= 11 is 1.31. The summed E-state index contributed by atoms with van der Waals surface area (Å²) in [5, 5.41) is 4.97. The number of thiazole rings is 1. The Balaban J connectivity index is 1.87. The van der Waals surface area contributed by atoms with Crippen LogP contribution >= 0.6 is 11.3 Å². The van der Waals surface area contributed by atoms with Crippen LogP contribution < -0.4 is 19.5 Å². The summed E-state index contributed by atoms with van der Waals surface area (Å²) in [6.07, 6.45) is 0. The Kier molecular flexibility index (Phi) is 6.04. The lowest BCUT2D eigenvalue weighted by atomic mass is 10.2. The SMILES string of the molecule is COc1ccc(S(=O)(=O)Nc2cc(C(=O)Nc3nc(C)cs3)ccc2OC)cc1. The third kappa shape index (κ3) is 4.84. The van der Waals surface area contributed by atoms with Crippen molar-refractivity contribution >= 4 is 38.1 Å². The molecule has 2 aromatic carbocycles. The first kappa shape index (κ1) is 20.6. The number of rotatable bonds is 7. The molecular formula is C19H19N3O5S2. The second-order valence-electron chi connectivity index (χ2n) is 5.94. The third-order valence-electron chi connectivity index (χ3n) is 3.92. The van der Waals surface area contributed by atoms with Crippen LogP contribution in [0.4, 0.5) is 10.8 Å². The monoisotopic (exact) mass is 433 g/mol. The second kappa shape index (κ2) is 8.50. The number of sulfonamides is 1. The lowest BCUT2D eigenvalue weighted by Gasteiger charge is -2.13. The van der Waals surface area contributed by atoms with Crippen LogP contribution in [0.5, 0.6) is 11.5 Å². The maximum atomic E-state index is 12.7. The fourth-order valence-electron chi connectivity index (χ4n) is 2.47. The Morgan fingerprint density at radius 3 is 2.38 bits per heavy atom. The Bertz CT molecular complexity index is 1130. The molecule has 3 rings (SSSR count). The minimum absolute atomic E-state index is 0.0495. The summed E-state index contributed by atoms with van der Waals surface area (Å²) in [6, 6.07) is 10.4. The van der Waals surface area contributed by atoms with Crippen LogP contribution in [0.3, 0.4) is 0 Å². The summed E-state index contributed by atoms with van der Waals surface area (Å²) < 4.78 is 38.2. The maximum absolute atomic E-state index is 12.7. The van der Waals surface area contributed by atoms with Gasteiger partial charge in [-0.1, -0.05) is 0 Å². The highest BCUT2D eigenvalue weighted by atomic mass is 32.2. The van der Waals surface area contributed by atoms with Gasteiger partial charge in [-0.15, -0.1) is 11.3 Å². The lowest BCUT2D eigenvalue weighted by molar-refractivity contribution is 0.102. The average molecular weight is 434 g/mol. The van der Waals surface area contributed by atoms with E-state index in [1.165, 1.54) is 49.8 Å². The first-order valence-electron chi connectivity index (χ1n) is 8.41. The van der Waals surface area contributed by atoms with Crippen molar-refractivity contribution in [2.75, 3.05) is 24.3 Å². The van der Waals surface area contributed by atoms with Gasteiger partial charge >= 0.3 is 0 Å². The molecule has 0 saturated carbocycles. The van der Waals surface area contributed by atoms with Crippen molar-refractivity contribution in [3.05, 3.63) is 59.1 Å². The van der Waals surface area contributed by atoms with E-state index in [9.17, 15) is 13.2 Å². The van der Waals surface area contributed by atoms with Crippen molar-refractivity contribution in [2.24, 2.45) is 0 Å². The minimum Gasteiger partial charge on any atom is -0.497 e. The van der Waals surface area contributed by atoms with Gasteiger partial charge in [0.05, 0.1) is 30.5 Å². The number of hydrogen-bond donors (Lipinski definition) is 2. The molecular weight excluding hydrogens is 414 g/mol. The molecule has 0 saturated heterocycles. The fraction of sp³-hybridized carbons (Fsp3) is 0.158. The van der Waals surface area contributed by atoms with Gasteiger partial charge in [-0.2, -0.15) is 0 Å². The molecule has 1 amide bonds. The van der Waals surface area contributed by atoms with E-state index in [2.05, 4.69) is 15.0 Å². The molecule has 3 aromatic rings. The number of aryl methyl sites for hydroxylation is 1. The Morgan fingerprint density at radius 2 is 1.79 bits per heavy atom. The average Bonchev–Trinajstić information content (AvgIpc) is 3.12. The van der Waals surface area contributed by atoms with Crippen LogP contribution in [0.15, 0.2) is 52.7 Å². The van der Waals surface area contributed by atoms with Crippen LogP contribution in [0, 0.1) is 6.92 Å². The maximum Gasteiger partial charge on any atom is 0.262 e. The molecule has 0 bridgehead atoms. The number of amides is 1. The van der Waals surface area contributed by atoms with Crippen molar-refractivity contribution in [3.8, 4) is 11.5 Å². The number of anilines is 2. The zero-order valence-electron chi connectivity index (χ0n) is 15.9. The highest BCUT2D eigenvalue weighted by Crippen LogP contribution is 2.29. The summed E-state index contributed by atoms with van der Waals surface area (Å²) in [6.45, 7) is 1.82. The molecule has 0 unspecified atom stereocenters. The third-order valence-corrected chi connectivity index (χ3v) is 6.17. The number of nitrogens with one attached hydrogen (secondary N) is 2. The molecule has 0 aliphatic heterocycles. The Labute approximate surface area is 172 Å². The predicted molar refractivity (Wildman–Crippen MR) is 112 cm³/mol. The number of aromatic nitrogens is 1. The number of nitrogens with zero attached hydrogens (tertiary/aromatic N) is 1. The van der Waals surface area contributed by atoms with Gasteiger partial charge in [-0.25, -0.2) is 13.4 Å². The van der Waals surface area contributed by atoms with E-state index < -0.39 is 15.9 Å². The molecule has 10 heteroatoms. The Hall–Kier alpha value is -3.11. The molecule has 0 spiro atoms. The number of ether oxygens (including phenoxy) is 2. The van der Waals surface area contributed by atoms with E-state index in [4.69, 9.17) is 9.47 Å². The van der Waals surface area contributed by atoms with Crippen LogP contribution in [0.2, 0.25) is 0 Å². The van der Waals surface area contributed by atoms with Crippen molar-refractivity contribution in [2.45, 2.75) is 11.8 Å². The van der Waals surface area contributed by atoms with Gasteiger partial charge in [0.2, 0.25) is 0 Å². The molecule has 0 aliphatic carbocycles. The standard InChI is InChI=1S/C19H19N3O5S2/c1-12-11-28-19(20-12)21-18(23)13-4-9-17(27-3)16(10-13)22-29(24,25)15-7-5-14(26-2)6-8-15/h4-11,22H,1-3H3,(H,20,21,23). The summed E-state index contributed by atoms with van der Waals surface area (Å²) in [7, 11) is -0.985. The first-order valence-corrected chi connectivity index (χ1v) is 10.8. The number of carbonyl (C=O) groups is 1. The number of hydrogen-bond acceptors (Lipinski definition) is 7. The molecule has 152 valence electrons. The number of benzene rings is 2. The molecule has 0 atom stereocenters. The van der Waals surface area contributed by atoms with Crippen LogP contribution in [-0.2, 0) is 10.0 Å². The van der Waals surface area contributed by atoms with Crippen LogP contribution in [-0.4, -0.2) is 33.5 Å². The minimum atomic E-state index is -3.90. The van der Waals surface area contributed by atoms with Gasteiger partial charge < -0.3 is 9.47 Å². The summed E-state index contributed by atoms with van der Waals surface area (Å²) in [5.41, 5.74) is 1.20. The van der Waals surface area contributed by atoms with Crippen LogP contribution in [0.25, 0.3) is 0 Å². The molecule has 0 fully saturated rings. The van der Waals surface area contributed by atoms with Gasteiger partial charge in [0.1, 0.15) is 11.5 Å². The second-order valence-corrected chi connectivity index (χ2v) is 8.48. The molecule has 2 N–H and O–H groups in total. The van der Waals surface area contributed by atoms with E-state index in [0.29, 0.717) is 10.9 Å². The first-order chi connectivity index (χ1) is 13.8. The largest absolute Gasteiger partial charge is 0.497 e. The zero-order chi connectivity index (χ0) is 21.0. The van der Waals surface area contributed by atoms with Crippen molar-refractivity contribution in [1.82, 2.24) is 4.98 Å². The van der Waals surface area contributed by atoms with Gasteiger partial charge in [0.15, 0.2) is 5.13 Å². The smallest absolute Gasteiger partial charge is 0.262 e. The normalized spacial score (nSPS) is 11.0. The quantitative estimate of drug-likeness (QED) is 0.590. The van der Waals surface area contributed by atoms with E-state index in [0.717, 1.165) is 5.69 Å². The number of methoxy groups -OCH3 is 2. The topological polar surface area (TPSA) is 107 Å². The number of carbonyl (C=O) groups excluding carboxylic acids is 1. The van der Waals surface area contributed by atoms with Gasteiger partial charge in [0, 0.05) is 10.9 Å².